The first-order valence-corrected chi connectivity index (χ1v) is 10.5. The fourth-order valence-corrected chi connectivity index (χ4v) is 4.31. The van der Waals surface area contributed by atoms with E-state index in [9.17, 15) is 27.9 Å². The van der Waals surface area contributed by atoms with E-state index in [1.165, 1.54) is 35.4 Å². The molecule has 2 heterocycles. The van der Waals surface area contributed by atoms with Crippen LogP contribution in [0.2, 0.25) is 5.02 Å². The van der Waals surface area contributed by atoms with E-state index in [0.717, 1.165) is 17.9 Å². The Balaban J connectivity index is 1.62. The number of benzene rings is 1. The van der Waals surface area contributed by atoms with Crippen molar-refractivity contribution in [1.29, 1.82) is 0 Å². The minimum Gasteiger partial charge on any atom is -0.393 e. The molecule has 2 aromatic rings. The molecule has 1 aromatic heterocycles. The van der Waals surface area contributed by atoms with E-state index < -0.39 is 42.2 Å². The summed E-state index contributed by atoms with van der Waals surface area (Å²) in [5.74, 6) is -5.35. The van der Waals surface area contributed by atoms with Crippen molar-refractivity contribution < 1.29 is 27.9 Å². The van der Waals surface area contributed by atoms with E-state index in [1.54, 1.807) is 0 Å². The molecule has 0 bridgehead atoms. The van der Waals surface area contributed by atoms with Crippen molar-refractivity contribution in [3.05, 3.63) is 58.5 Å². The second-order valence-electron chi connectivity index (χ2n) is 8.32. The Labute approximate surface area is 187 Å². The van der Waals surface area contributed by atoms with Gasteiger partial charge in [-0.25, -0.2) is 18.2 Å². The highest BCUT2D eigenvalue weighted by molar-refractivity contribution is 6.30. The lowest BCUT2D eigenvalue weighted by Crippen LogP contribution is -2.64. The summed E-state index contributed by atoms with van der Waals surface area (Å²) >= 11 is 5.74. The average molecular weight is 468 g/mol. The Morgan fingerprint density at radius 2 is 1.88 bits per heavy atom. The Morgan fingerprint density at radius 1 is 1.22 bits per heavy atom. The maximum Gasteiger partial charge on any atom is 0.270 e. The van der Waals surface area contributed by atoms with Crippen molar-refractivity contribution in [3.63, 3.8) is 0 Å². The summed E-state index contributed by atoms with van der Waals surface area (Å²) in [5, 5.41) is 9.81. The van der Waals surface area contributed by atoms with Crippen LogP contribution in [-0.4, -0.2) is 45.5 Å². The molecule has 1 aliphatic carbocycles. The molecule has 1 saturated carbocycles. The summed E-state index contributed by atoms with van der Waals surface area (Å²) in [6.45, 7) is 0.411. The van der Waals surface area contributed by atoms with Crippen molar-refractivity contribution in [2.45, 2.75) is 44.4 Å². The van der Waals surface area contributed by atoms with Crippen LogP contribution < -0.4 is 4.90 Å². The lowest BCUT2D eigenvalue weighted by Gasteiger charge is -2.47. The molecule has 1 atom stereocenters. The highest BCUT2D eigenvalue weighted by atomic mass is 35.5. The molecule has 0 radical (unpaired) electrons. The first-order chi connectivity index (χ1) is 15.0. The van der Waals surface area contributed by atoms with Crippen molar-refractivity contribution >= 4 is 29.2 Å². The molecule has 0 spiro atoms. The lowest BCUT2D eigenvalue weighted by atomic mass is 9.75. The van der Waals surface area contributed by atoms with Crippen LogP contribution in [0.5, 0.6) is 0 Å². The van der Waals surface area contributed by atoms with Crippen LogP contribution in [-0.2, 0) is 22.1 Å². The van der Waals surface area contributed by atoms with Crippen LogP contribution in [0.1, 0.15) is 30.9 Å². The summed E-state index contributed by atoms with van der Waals surface area (Å²) in [6.07, 6.45) is 1.27. The summed E-state index contributed by atoms with van der Waals surface area (Å²) in [6, 6.07) is 5.64. The third-order valence-electron chi connectivity index (χ3n) is 5.92. The van der Waals surface area contributed by atoms with Gasteiger partial charge in [-0.3, -0.25) is 14.5 Å². The standard InChI is InChI=1S/C22H21ClF3N3O3/c1-22(25,26)14-4-2-12(3-5-14)10-28-18(31)11-29(20-17(24)8-15(23)9-27-20)21(32)19(28)13-6-16(30)7-13/h2-5,8-9,13,16,19,30H,6-7,10-11H2,1H3. The molecule has 6 nitrogen and oxygen atoms in total. The van der Waals surface area contributed by atoms with E-state index in [-0.39, 0.29) is 28.9 Å². The van der Waals surface area contributed by atoms with Gasteiger partial charge in [-0.05, 0) is 30.4 Å². The smallest absolute Gasteiger partial charge is 0.270 e. The number of amides is 2. The van der Waals surface area contributed by atoms with Crippen LogP contribution in [0.3, 0.4) is 0 Å². The minimum atomic E-state index is -2.99. The molecule has 170 valence electrons. The number of nitrogens with zero attached hydrogens (tertiary/aromatic N) is 3. The summed E-state index contributed by atoms with van der Waals surface area (Å²) in [5.41, 5.74) is 0.421. The lowest BCUT2D eigenvalue weighted by molar-refractivity contribution is -0.149. The van der Waals surface area contributed by atoms with Gasteiger partial charge in [-0.1, -0.05) is 35.9 Å². The Bertz CT molecular complexity index is 1040. The molecule has 2 amide bonds. The fraction of sp³-hybridized carbons (Fsp3) is 0.409. The molecular formula is C22H21ClF3N3O3. The van der Waals surface area contributed by atoms with Gasteiger partial charge in [0.25, 0.3) is 11.8 Å². The zero-order valence-electron chi connectivity index (χ0n) is 17.1. The molecule has 1 aromatic carbocycles. The predicted octanol–water partition coefficient (Wildman–Crippen LogP) is 3.50. The van der Waals surface area contributed by atoms with Gasteiger partial charge in [-0.2, -0.15) is 0 Å². The third-order valence-corrected chi connectivity index (χ3v) is 6.13. The fourth-order valence-electron chi connectivity index (χ4n) is 4.17. The quantitative estimate of drug-likeness (QED) is 0.730. The monoisotopic (exact) mass is 467 g/mol. The number of carbonyl (C=O) groups excluding carboxylic acids is 2. The van der Waals surface area contributed by atoms with Gasteiger partial charge in [0.2, 0.25) is 5.91 Å². The Hall–Kier alpha value is -2.65. The van der Waals surface area contributed by atoms with Crippen molar-refractivity contribution in [3.8, 4) is 0 Å². The molecule has 2 fully saturated rings. The van der Waals surface area contributed by atoms with Crippen LogP contribution >= 0.6 is 11.6 Å². The molecule has 32 heavy (non-hydrogen) atoms. The van der Waals surface area contributed by atoms with Crippen LogP contribution in [0.4, 0.5) is 19.0 Å². The number of alkyl halides is 2. The third kappa shape index (κ3) is 4.31. The second kappa shape index (κ2) is 8.37. The first-order valence-electron chi connectivity index (χ1n) is 10.1. The van der Waals surface area contributed by atoms with Gasteiger partial charge in [0.05, 0.1) is 11.1 Å². The molecule has 1 N–H and O–H groups in total. The van der Waals surface area contributed by atoms with Gasteiger partial charge in [0, 0.05) is 25.2 Å². The normalized spacial score (nSPS) is 24.0. The molecule has 1 aliphatic heterocycles. The van der Waals surface area contributed by atoms with Crippen LogP contribution in [0.25, 0.3) is 0 Å². The Morgan fingerprint density at radius 3 is 2.44 bits per heavy atom. The highest BCUT2D eigenvalue weighted by Gasteiger charge is 2.48. The van der Waals surface area contributed by atoms with Crippen molar-refractivity contribution in [2.24, 2.45) is 5.92 Å². The molecule has 1 unspecified atom stereocenters. The number of aromatic nitrogens is 1. The first kappa shape index (κ1) is 22.5. The molecule has 1 saturated heterocycles. The predicted molar refractivity (Wildman–Crippen MR) is 111 cm³/mol. The van der Waals surface area contributed by atoms with Gasteiger partial charge in [0.1, 0.15) is 12.6 Å². The van der Waals surface area contributed by atoms with Gasteiger partial charge < -0.3 is 10.0 Å². The van der Waals surface area contributed by atoms with Gasteiger partial charge in [-0.15, -0.1) is 0 Å². The molecule has 4 rings (SSSR count). The van der Waals surface area contributed by atoms with Gasteiger partial charge >= 0.3 is 0 Å². The van der Waals surface area contributed by atoms with E-state index in [1.807, 2.05) is 0 Å². The summed E-state index contributed by atoms with van der Waals surface area (Å²) < 4.78 is 41.4. The average Bonchev–Trinajstić information content (AvgIpc) is 2.69. The van der Waals surface area contributed by atoms with E-state index in [0.29, 0.717) is 18.4 Å². The van der Waals surface area contributed by atoms with Crippen molar-refractivity contribution in [2.75, 3.05) is 11.4 Å². The Kier molecular flexibility index (Phi) is 5.89. The molecular weight excluding hydrogens is 447 g/mol. The van der Waals surface area contributed by atoms with Crippen LogP contribution in [0, 0.1) is 11.7 Å². The number of aliphatic hydroxyl groups excluding tert-OH is 1. The molecule has 10 heteroatoms. The highest BCUT2D eigenvalue weighted by Crippen LogP contribution is 2.37. The van der Waals surface area contributed by atoms with Crippen molar-refractivity contribution in [1.82, 2.24) is 9.88 Å². The number of aliphatic hydroxyl groups is 1. The van der Waals surface area contributed by atoms with E-state index >= 15 is 0 Å². The number of piperazine rings is 1. The number of anilines is 1. The number of hydrogen-bond donors (Lipinski definition) is 1. The van der Waals surface area contributed by atoms with Gasteiger partial charge in [0.15, 0.2) is 11.6 Å². The maximum absolute atomic E-state index is 14.4. The summed E-state index contributed by atoms with van der Waals surface area (Å²) in [7, 11) is 0. The zero-order valence-corrected chi connectivity index (χ0v) is 17.9. The number of halogens is 4. The zero-order chi connectivity index (χ0) is 23.2. The topological polar surface area (TPSA) is 73.7 Å². The SMILES string of the molecule is CC(F)(F)c1ccc(CN2C(=O)CN(c3ncc(Cl)cc3F)C(=O)C2C2CC(O)C2)cc1. The number of rotatable bonds is 5. The maximum atomic E-state index is 14.4. The van der Waals surface area contributed by atoms with E-state index in [2.05, 4.69) is 4.98 Å². The minimum absolute atomic E-state index is 0.0295. The summed E-state index contributed by atoms with van der Waals surface area (Å²) in [4.78, 5) is 32.7. The molecule has 2 aliphatic rings. The number of carbonyl (C=O) groups is 2. The largest absolute Gasteiger partial charge is 0.393 e. The number of hydrogen-bond acceptors (Lipinski definition) is 4. The second-order valence-corrected chi connectivity index (χ2v) is 8.76. The number of pyridine rings is 1. The van der Waals surface area contributed by atoms with E-state index in [4.69, 9.17) is 11.6 Å². The van der Waals surface area contributed by atoms with Crippen LogP contribution in [0.15, 0.2) is 36.5 Å².